The van der Waals surface area contributed by atoms with E-state index in [0.717, 1.165) is 5.88 Å². The molecular weight excluding hydrogens is 386 g/mol. The maximum atomic E-state index is 5.73. The molecule has 2 heteroatoms. The third kappa shape index (κ3) is 20.2. The van der Waals surface area contributed by atoms with Crippen LogP contribution in [0.4, 0.5) is 0 Å². The molecule has 0 spiro atoms. The Morgan fingerprint density at radius 1 is 0.400 bits per heavy atom. The van der Waals surface area contributed by atoms with Gasteiger partial charge in [-0.1, -0.05) is 136 Å². The minimum Gasteiger partial charge on any atom is -0.344 e. The van der Waals surface area contributed by atoms with Crippen LogP contribution in [0.3, 0.4) is 0 Å². The maximum absolute atomic E-state index is 5.73. The Balaban J connectivity index is 0. The molecule has 0 rings (SSSR count). The molecule has 0 saturated carbocycles. The minimum atomic E-state index is 0. The topological polar surface area (TPSA) is 35.0 Å². The first-order valence-electron chi connectivity index (χ1n) is 13.8. The number of rotatable bonds is 24. The van der Waals surface area contributed by atoms with E-state index >= 15 is 0 Å². The highest BCUT2D eigenvalue weighted by atomic mass is 35.5. The van der Waals surface area contributed by atoms with Crippen molar-refractivity contribution >= 4 is 11.6 Å². The van der Waals surface area contributed by atoms with Crippen LogP contribution >= 0.6 is 11.6 Å². The molecule has 0 aromatic carbocycles. The summed E-state index contributed by atoms with van der Waals surface area (Å²) in [6.45, 7) is 7.10. The Kier molecular flexibility index (Phi) is 27.6. The third-order valence-electron chi connectivity index (χ3n) is 7.02. The van der Waals surface area contributed by atoms with Crippen LogP contribution in [0.5, 0.6) is 0 Å². The average Bonchev–Trinajstić information content (AvgIpc) is 2.74. The Hall–Kier alpha value is 0.250. The molecule has 0 radical (unpaired) electrons. The quantitative estimate of drug-likeness (QED) is 0.116. The Bertz CT molecular complexity index is 283. The van der Waals surface area contributed by atoms with Gasteiger partial charge in [0.05, 0.1) is 0 Å². The molecule has 30 heavy (non-hydrogen) atoms. The summed E-state index contributed by atoms with van der Waals surface area (Å²) in [6, 6.07) is 0. The van der Waals surface area contributed by atoms with E-state index in [1.807, 2.05) is 0 Å². The number of hydrogen-bond donors (Lipinski definition) is 1. The smallest absolute Gasteiger partial charge is 0.0223 e. The van der Waals surface area contributed by atoms with E-state index in [0.29, 0.717) is 5.41 Å². The first-order valence-corrected chi connectivity index (χ1v) is 14.3. The fourth-order valence-corrected chi connectivity index (χ4v) is 5.13. The highest BCUT2D eigenvalue weighted by Crippen LogP contribution is 2.41. The van der Waals surface area contributed by atoms with Gasteiger partial charge in [-0.3, -0.25) is 0 Å². The van der Waals surface area contributed by atoms with E-state index in [1.54, 1.807) is 0 Å². The van der Waals surface area contributed by atoms with Crippen LogP contribution in [0.25, 0.3) is 0 Å². The first kappa shape index (κ1) is 32.4. The van der Waals surface area contributed by atoms with Gasteiger partial charge in [0.2, 0.25) is 0 Å². The second kappa shape index (κ2) is 25.5. The molecule has 0 bridgehead atoms. The summed E-state index contributed by atoms with van der Waals surface area (Å²) < 4.78 is 0. The lowest BCUT2D eigenvalue weighted by atomic mass is 9.71. The molecule has 184 valence electrons. The molecule has 0 aromatic heterocycles. The lowest BCUT2D eigenvalue weighted by Crippen LogP contribution is -2.21. The molecule has 0 aliphatic rings. The summed E-state index contributed by atoms with van der Waals surface area (Å²) in [5.74, 6) is 0.844. The zero-order valence-corrected chi connectivity index (χ0v) is 22.3. The van der Waals surface area contributed by atoms with Gasteiger partial charge in [0.1, 0.15) is 0 Å². The fourth-order valence-electron chi connectivity index (χ4n) is 4.94. The molecule has 0 atom stereocenters. The van der Waals surface area contributed by atoms with Gasteiger partial charge >= 0.3 is 0 Å². The third-order valence-corrected chi connectivity index (χ3v) is 7.29. The summed E-state index contributed by atoms with van der Waals surface area (Å²) >= 11 is 5.73. The zero-order chi connectivity index (χ0) is 21.5. The highest BCUT2D eigenvalue weighted by molar-refractivity contribution is 6.17. The van der Waals surface area contributed by atoms with Gasteiger partial charge in [0, 0.05) is 5.88 Å². The van der Waals surface area contributed by atoms with E-state index in [4.69, 9.17) is 11.6 Å². The lowest BCUT2D eigenvalue weighted by Gasteiger charge is -2.35. The van der Waals surface area contributed by atoms with E-state index < -0.39 is 0 Å². The van der Waals surface area contributed by atoms with Crippen LogP contribution in [-0.4, -0.2) is 5.88 Å². The van der Waals surface area contributed by atoms with E-state index in [-0.39, 0.29) is 6.15 Å². The molecule has 1 nitrogen and oxygen atoms in total. The molecular formula is C28H60ClN. The number of unbranched alkanes of at least 4 members (excludes halogenated alkanes) is 15. The van der Waals surface area contributed by atoms with Crippen molar-refractivity contribution in [2.24, 2.45) is 5.41 Å². The second-order valence-corrected chi connectivity index (χ2v) is 10.2. The van der Waals surface area contributed by atoms with Gasteiger partial charge in [0.15, 0.2) is 0 Å². The standard InChI is InChI=1S/C28H57Cl.H3N/c1-4-7-23-28(24-8-5-2,25-9-6-3)26-21-19-17-15-13-11-10-12-14-16-18-20-22-27-29;/h4-27H2,1-3H3;1H3. The van der Waals surface area contributed by atoms with Crippen LogP contribution in [0.2, 0.25) is 0 Å². The van der Waals surface area contributed by atoms with Crippen molar-refractivity contribution in [2.75, 3.05) is 5.88 Å². The van der Waals surface area contributed by atoms with Gasteiger partial charge in [-0.05, 0) is 37.5 Å². The number of alkyl halides is 1. The molecule has 0 unspecified atom stereocenters. The van der Waals surface area contributed by atoms with Gasteiger partial charge in [0.25, 0.3) is 0 Å². The predicted molar refractivity (Wildman–Crippen MR) is 141 cm³/mol. The molecule has 0 aliphatic carbocycles. The Morgan fingerprint density at radius 2 is 0.667 bits per heavy atom. The van der Waals surface area contributed by atoms with Crippen LogP contribution in [0.1, 0.15) is 168 Å². The van der Waals surface area contributed by atoms with Crippen molar-refractivity contribution in [3.63, 3.8) is 0 Å². The van der Waals surface area contributed by atoms with Crippen LogP contribution in [-0.2, 0) is 0 Å². The summed E-state index contributed by atoms with van der Waals surface area (Å²) in [6.07, 6.45) is 33.0. The highest BCUT2D eigenvalue weighted by Gasteiger charge is 2.27. The summed E-state index contributed by atoms with van der Waals surface area (Å²) in [5, 5.41) is 0. The van der Waals surface area contributed by atoms with Crippen molar-refractivity contribution in [3.8, 4) is 0 Å². The van der Waals surface area contributed by atoms with Gasteiger partial charge in [-0.25, -0.2) is 0 Å². The Morgan fingerprint density at radius 3 is 0.967 bits per heavy atom. The summed E-state index contributed by atoms with van der Waals surface area (Å²) in [4.78, 5) is 0. The van der Waals surface area contributed by atoms with Gasteiger partial charge < -0.3 is 6.15 Å². The van der Waals surface area contributed by atoms with Crippen molar-refractivity contribution in [1.82, 2.24) is 6.15 Å². The normalized spacial score (nSPS) is 11.6. The Labute approximate surface area is 197 Å². The fraction of sp³-hybridized carbons (Fsp3) is 1.00. The maximum Gasteiger partial charge on any atom is 0.0223 e. The number of hydrogen-bond acceptors (Lipinski definition) is 1. The molecule has 0 amide bonds. The number of halogens is 1. The van der Waals surface area contributed by atoms with Gasteiger partial charge in [-0.2, -0.15) is 0 Å². The summed E-state index contributed by atoms with van der Waals surface area (Å²) in [7, 11) is 0. The van der Waals surface area contributed by atoms with Crippen LogP contribution in [0, 0.1) is 5.41 Å². The second-order valence-electron chi connectivity index (χ2n) is 9.85. The van der Waals surface area contributed by atoms with Crippen molar-refractivity contribution < 1.29 is 0 Å². The SMILES string of the molecule is CCCCC(CCCC)(CCCC)CCCCCCCCCCCCCCCCl.N. The van der Waals surface area contributed by atoms with Crippen molar-refractivity contribution in [2.45, 2.75) is 168 Å². The largest absolute Gasteiger partial charge is 0.344 e. The monoisotopic (exact) mass is 445 g/mol. The summed E-state index contributed by atoms with van der Waals surface area (Å²) in [5.41, 5.74) is 0.686. The van der Waals surface area contributed by atoms with E-state index in [1.165, 1.54) is 148 Å². The zero-order valence-electron chi connectivity index (χ0n) is 21.6. The predicted octanol–water partition coefficient (Wildman–Crippen LogP) is 11.4. The van der Waals surface area contributed by atoms with E-state index in [2.05, 4.69) is 20.8 Å². The molecule has 0 saturated heterocycles. The average molecular weight is 446 g/mol. The first-order chi connectivity index (χ1) is 14.2. The molecule has 3 N–H and O–H groups in total. The molecule has 0 fully saturated rings. The lowest BCUT2D eigenvalue weighted by molar-refractivity contribution is 0.175. The van der Waals surface area contributed by atoms with Gasteiger partial charge in [-0.15, -0.1) is 11.6 Å². The molecule has 0 heterocycles. The van der Waals surface area contributed by atoms with E-state index in [9.17, 15) is 0 Å². The molecule has 0 aliphatic heterocycles. The van der Waals surface area contributed by atoms with Crippen molar-refractivity contribution in [3.05, 3.63) is 0 Å². The molecule has 0 aromatic rings. The van der Waals surface area contributed by atoms with Crippen LogP contribution < -0.4 is 6.15 Å². The minimum absolute atomic E-state index is 0. The van der Waals surface area contributed by atoms with Crippen molar-refractivity contribution in [1.29, 1.82) is 0 Å². The van der Waals surface area contributed by atoms with Crippen LogP contribution in [0.15, 0.2) is 0 Å².